The zero-order chi connectivity index (χ0) is 20.7. The van der Waals surface area contributed by atoms with Gasteiger partial charge in [-0.05, 0) is 43.9 Å². The second-order valence-corrected chi connectivity index (χ2v) is 7.08. The summed E-state index contributed by atoms with van der Waals surface area (Å²) < 4.78 is 84.4. The van der Waals surface area contributed by atoms with E-state index in [1.165, 1.54) is 0 Å². The lowest BCUT2D eigenvalue weighted by atomic mass is 9.88. The molecule has 1 aromatic rings. The standard InChI is InChI=1S/C19H22F6O2/c1-12(2)14-7-6-8-15(11-14)16(9-4-5-10-16)27-13(3)17(26,18(20,21)22)19(23,24)25/h6-8,11,13,26H,1,4-5,9-10H2,2-3H3. The van der Waals surface area contributed by atoms with Crippen molar-refractivity contribution in [3.63, 3.8) is 0 Å². The number of alkyl halides is 6. The van der Waals surface area contributed by atoms with Crippen molar-refractivity contribution >= 4 is 5.57 Å². The minimum Gasteiger partial charge on any atom is -0.372 e. The number of hydrogen-bond donors (Lipinski definition) is 1. The van der Waals surface area contributed by atoms with Crippen LogP contribution in [0.15, 0.2) is 30.8 Å². The molecule has 1 unspecified atom stereocenters. The molecule has 0 aliphatic heterocycles. The molecular formula is C19H22F6O2. The lowest BCUT2D eigenvalue weighted by molar-refractivity contribution is -0.399. The average Bonchev–Trinajstić information content (AvgIpc) is 3.01. The minimum absolute atomic E-state index is 0.267. The molecule has 0 amide bonds. The van der Waals surface area contributed by atoms with Crippen molar-refractivity contribution in [3.05, 3.63) is 42.0 Å². The Labute approximate surface area is 153 Å². The van der Waals surface area contributed by atoms with Crippen molar-refractivity contribution in [3.8, 4) is 0 Å². The zero-order valence-electron chi connectivity index (χ0n) is 15.0. The van der Waals surface area contributed by atoms with E-state index in [0.717, 1.165) is 5.56 Å². The van der Waals surface area contributed by atoms with Crippen molar-refractivity contribution in [2.24, 2.45) is 0 Å². The quantitative estimate of drug-likeness (QED) is 0.642. The maximum absolute atomic E-state index is 13.2. The molecule has 152 valence electrons. The van der Waals surface area contributed by atoms with E-state index in [0.29, 0.717) is 30.9 Å². The number of halogens is 6. The Bertz CT molecular complexity index is 672. The summed E-state index contributed by atoms with van der Waals surface area (Å²) in [6.07, 6.45) is -12.7. The van der Waals surface area contributed by atoms with E-state index in [1.54, 1.807) is 31.2 Å². The normalized spacial score (nSPS) is 19.1. The van der Waals surface area contributed by atoms with Gasteiger partial charge in [0.15, 0.2) is 0 Å². The lowest BCUT2D eigenvalue weighted by Crippen LogP contribution is -2.65. The van der Waals surface area contributed by atoms with Gasteiger partial charge in [0.2, 0.25) is 0 Å². The summed E-state index contributed by atoms with van der Waals surface area (Å²) in [7, 11) is 0. The van der Waals surface area contributed by atoms with E-state index in [2.05, 4.69) is 6.58 Å². The van der Waals surface area contributed by atoms with Crippen LogP contribution >= 0.6 is 0 Å². The Morgan fingerprint density at radius 2 is 1.63 bits per heavy atom. The van der Waals surface area contributed by atoms with Crippen molar-refractivity contribution in [2.45, 2.75) is 69.2 Å². The highest BCUT2D eigenvalue weighted by Gasteiger charge is 2.74. The topological polar surface area (TPSA) is 29.5 Å². The van der Waals surface area contributed by atoms with Gasteiger partial charge in [-0.15, -0.1) is 0 Å². The molecule has 1 N–H and O–H groups in total. The summed E-state index contributed by atoms with van der Waals surface area (Å²) in [6.45, 7) is 6.16. The molecule has 2 nitrogen and oxygen atoms in total. The van der Waals surface area contributed by atoms with Gasteiger partial charge >= 0.3 is 12.4 Å². The molecule has 1 aliphatic rings. The van der Waals surface area contributed by atoms with Gasteiger partial charge in [0.05, 0.1) is 5.60 Å². The highest BCUT2D eigenvalue weighted by atomic mass is 19.4. The monoisotopic (exact) mass is 396 g/mol. The predicted octanol–water partition coefficient (Wildman–Crippen LogP) is 5.75. The Morgan fingerprint density at radius 3 is 2.07 bits per heavy atom. The van der Waals surface area contributed by atoms with Crippen molar-refractivity contribution in [2.75, 3.05) is 0 Å². The molecular weight excluding hydrogens is 374 g/mol. The van der Waals surface area contributed by atoms with Gasteiger partial charge < -0.3 is 9.84 Å². The second-order valence-electron chi connectivity index (χ2n) is 7.08. The molecule has 0 bridgehead atoms. The summed E-state index contributed by atoms with van der Waals surface area (Å²) in [5.41, 5.74) is -4.37. The predicted molar refractivity (Wildman–Crippen MR) is 88.9 cm³/mol. The molecule has 27 heavy (non-hydrogen) atoms. The van der Waals surface area contributed by atoms with Crippen LogP contribution in [0.3, 0.4) is 0 Å². The molecule has 1 atom stereocenters. The summed E-state index contributed by atoms with van der Waals surface area (Å²) in [4.78, 5) is 0. The third kappa shape index (κ3) is 3.87. The Hall–Kier alpha value is -1.54. The van der Waals surface area contributed by atoms with Gasteiger partial charge in [0, 0.05) is 0 Å². The van der Waals surface area contributed by atoms with E-state index >= 15 is 0 Å². The number of ether oxygens (including phenoxy) is 1. The van der Waals surface area contributed by atoms with Gasteiger partial charge in [-0.1, -0.05) is 43.2 Å². The molecule has 0 aromatic heterocycles. The molecule has 1 fully saturated rings. The van der Waals surface area contributed by atoms with Crippen LogP contribution in [-0.2, 0) is 10.3 Å². The second kappa shape index (κ2) is 7.13. The first-order chi connectivity index (χ1) is 12.2. The van der Waals surface area contributed by atoms with Crippen LogP contribution in [0.2, 0.25) is 0 Å². The molecule has 0 spiro atoms. The van der Waals surface area contributed by atoms with Crippen molar-refractivity contribution in [1.29, 1.82) is 0 Å². The molecule has 1 aromatic carbocycles. The van der Waals surface area contributed by atoms with E-state index in [1.807, 2.05) is 0 Å². The number of benzene rings is 1. The third-order valence-electron chi connectivity index (χ3n) is 5.15. The van der Waals surface area contributed by atoms with Crippen LogP contribution in [0.25, 0.3) is 5.57 Å². The van der Waals surface area contributed by atoms with Crippen LogP contribution in [0, 0.1) is 0 Å². The first-order valence-electron chi connectivity index (χ1n) is 8.55. The number of aliphatic hydroxyl groups is 1. The van der Waals surface area contributed by atoms with Crippen LogP contribution < -0.4 is 0 Å². The van der Waals surface area contributed by atoms with Gasteiger partial charge in [0.25, 0.3) is 5.60 Å². The SMILES string of the molecule is C=C(C)c1cccc(C2(OC(C)C(O)(C(F)(F)F)C(F)(F)F)CCCC2)c1. The summed E-state index contributed by atoms with van der Waals surface area (Å²) >= 11 is 0. The summed E-state index contributed by atoms with van der Waals surface area (Å²) in [5, 5.41) is 9.63. The van der Waals surface area contributed by atoms with Crippen LogP contribution in [-0.4, -0.2) is 29.2 Å². The van der Waals surface area contributed by atoms with E-state index < -0.39 is 29.7 Å². The maximum atomic E-state index is 13.2. The molecule has 0 radical (unpaired) electrons. The minimum atomic E-state index is -5.93. The number of rotatable bonds is 5. The van der Waals surface area contributed by atoms with E-state index in [9.17, 15) is 31.4 Å². The molecule has 1 saturated carbocycles. The molecule has 0 heterocycles. The number of allylic oxidation sites excluding steroid dienone is 1. The summed E-state index contributed by atoms with van der Waals surface area (Å²) in [5.74, 6) is 0. The maximum Gasteiger partial charge on any atom is 0.428 e. The number of hydrogen-bond acceptors (Lipinski definition) is 2. The average molecular weight is 396 g/mol. The smallest absolute Gasteiger partial charge is 0.372 e. The lowest BCUT2D eigenvalue weighted by Gasteiger charge is -2.42. The molecule has 2 rings (SSSR count). The Kier molecular flexibility index (Phi) is 5.74. The molecule has 0 saturated heterocycles. The fourth-order valence-corrected chi connectivity index (χ4v) is 3.53. The fourth-order valence-electron chi connectivity index (χ4n) is 3.53. The highest BCUT2D eigenvalue weighted by molar-refractivity contribution is 5.62. The fraction of sp³-hybridized carbons (Fsp3) is 0.579. The van der Waals surface area contributed by atoms with E-state index in [4.69, 9.17) is 4.74 Å². The first-order valence-corrected chi connectivity index (χ1v) is 8.55. The summed E-state index contributed by atoms with van der Waals surface area (Å²) in [6, 6.07) is 6.69. The van der Waals surface area contributed by atoms with Crippen LogP contribution in [0.1, 0.15) is 50.7 Å². The van der Waals surface area contributed by atoms with Gasteiger partial charge in [-0.3, -0.25) is 0 Å². The van der Waals surface area contributed by atoms with E-state index in [-0.39, 0.29) is 12.8 Å². The van der Waals surface area contributed by atoms with Crippen LogP contribution in [0.4, 0.5) is 26.3 Å². The Morgan fingerprint density at radius 1 is 1.11 bits per heavy atom. The first kappa shape index (κ1) is 21.8. The van der Waals surface area contributed by atoms with Gasteiger partial charge in [-0.25, -0.2) is 0 Å². The largest absolute Gasteiger partial charge is 0.428 e. The highest BCUT2D eigenvalue weighted by Crippen LogP contribution is 2.50. The van der Waals surface area contributed by atoms with Crippen molar-refractivity contribution in [1.82, 2.24) is 0 Å². The van der Waals surface area contributed by atoms with Crippen LogP contribution in [0.5, 0.6) is 0 Å². The van der Waals surface area contributed by atoms with Gasteiger partial charge in [-0.2, -0.15) is 26.3 Å². The third-order valence-corrected chi connectivity index (χ3v) is 5.15. The van der Waals surface area contributed by atoms with Gasteiger partial charge in [0.1, 0.15) is 6.10 Å². The molecule has 1 aliphatic carbocycles. The zero-order valence-corrected chi connectivity index (χ0v) is 15.0. The van der Waals surface area contributed by atoms with Crippen molar-refractivity contribution < 1.29 is 36.2 Å². The Balaban J connectivity index is 2.46. The molecule has 8 heteroatoms.